The highest BCUT2D eigenvalue weighted by Crippen LogP contribution is 2.54. The molecule has 0 radical (unpaired) electrons. The molecule has 4 aliphatic rings. The molecular weight excluding hydrogens is 598 g/mol. The van der Waals surface area contributed by atoms with Gasteiger partial charge in [-0.2, -0.15) is 0 Å². The molecule has 4 fully saturated rings. The lowest BCUT2D eigenvalue weighted by Gasteiger charge is -2.53. The first-order chi connectivity index (χ1) is 22.7. The molecule has 11 heteroatoms. The molecule has 4 amide bonds. The first kappa shape index (κ1) is 32.6. The molecule has 5 N–H and O–H groups in total. The summed E-state index contributed by atoms with van der Waals surface area (Å²) in [7, 11) is 1.33. The van der Waals surface area contributed by atoms with Gasteiger partial charge >= 0.3 is 6.09 Å². The number of hydrogen-bond donors (Lipinski definition) is 5. The fourth-order valence-electron chi connectivity index (χ4n) is 8.27. The van der Waals surface area contributed by atoms with E-state index in [1.165, 1.54) is 13.5 Å². The largest absolute Gasteiger partial charge is 0.446 e. The van der Waals surface area contributed by atoms with Crippen molar-refractivity contribution in [3.63, 3.8) is 0 Å². The molecule has 0 spiro atoms. The van der Waals surface area contributed by atoms with Crippen LogP contribution in [-0.2, 0) is 30.4 Å². The Morgan fingerprint density at radius 3 is 2.26 bits per heavy atom. The molecule has 4 saturated carbocycles. The highest BCUT2D eigenvalue weighted by molar-refractivity contribution is 5.91. The van der Waals surface area contributed by atoms with E-state index >= 15 is 0 Å². The van der Waals surface area contributed by atoms with E-state index in [1.54, 1.807) is 6.92 Å². The van der Waals surface area contributed by atoms with Crippen molar-refractivity contribution in [1.29, 1.82) is 0 Å². The van der Waals surface area contributed by atoms with E-state index in [9.17, 15) is 19.2 Å². The maximum absolute atomic E-state index is 14.1. The summed E-state index contributed by atoms with van der Waals surface area (Å²) in [5.74, 6) is 1.12. The van der Waals surface area contributed by atoms with Gasteiger partial charge in [-0.1, -0.05) is 48.5 Å². The normalized spacial score (nSPS) is 24.6. The highest BCUT2D eigenvalue weighted by atomic mass is 16.6. The molecule has 4 bridgehead atoms. The third-order valence-electron chi connectivity index (χ3n) is 10.3. The Bertz CT molecular complexity index is 1560. The molecule has 1 aromatic heterocycles. The van der Waals surface area contributed by atoms with Crippen LogP contribution >= 0.6 is 0 Å². The van der Waals surface area contributed by atoms with Gasteiger partial charge in [-0.3, -0.25) is 19.2 Å². The number of H-pyrrole nitrogens is 1. The van der Waals surface area contributed by atoms with E-state index < -0.39 is 29.5 Å². The molecule has 2 aromatic carbocycles. The van der Waals surface area contributed by atoms with Gasteiger partial charge in [0.05, 0.1) is 13.2 Å². The Morgan fingerprint density at radius 2 is 1.55 bits per heavy atom. The van der Waals surface area contributed by atoms with E-state index in [0.717, 1.165) is 59.5 Å². The lowest BCUT2D eigenvalue weighted by Crippen LogP contribution is -2.60. The van der Waals surface area contributed by atoms with Gasteiger partial charge in [-0.05, 0) is 79.9 Å². The second-order valence-corrected chi connectivity index (χ2v) is 13.8. The van der Waals surface area contributed by atoms with E-state index in [1.807, 2.05) is 60.8 Å². The Hall–Kier alpha value is -4.38. The van der Waals surface area contributed by atoms with Crippen molar-refractivity contribution in [2.45, 2.75) is 76.0 Å². The van der Waals surface area contributed by atoms with Gasteiger partial charge in [-0.15, -0.1) is 0 Å². The molecule has 2 atom stereocenters. The number of carbonyl (C=O) groups excluding carboxylic acids is 4. The Labute approximate surface area is 274 Å². The molecule has 11 nitrogen and oxygen atoms in total. The van der Waals surface area contributed by atoms with E-state index in [-0.39, 0.29) is 37.8 Å². The van der Waals surface area contributed by atoms with Crippen LogP contribution in [0.1, 0.15) is 69.0 Å². The lowest BCUT2D eigenvalue weighted by atomic mass is 9.55. The number of aromatic nitrogens is 1. The maximum atomic E-state index is 14.1. The molecule has 1 heterocycles. The number of carbonyl (C=O) groups is 4. The number of hydrogen-bond acceptors (Lipinski definition) is 6. The smallest absolute Gasteiger partial charge is 0.408 e. The van der Waals surface area contributed by atoms with Gasteiger partial charge in [0.1, 0.15) is 11.6 Å². The summed E-state index contributed by atoms with van der Waals surface area (Å²) in [6.45, 7) is 1.78. The third kappa shape index (κ3) is 7.62. The molecule has 7 rings (SSSR count). The second kappa shape index (κ2) is 14.2. The van der Waals surface area contributed by atoms with Crippen LogP contribution in [0.3, 0.4) is 0 Å². The summed E-state index contributed by atoms with van der Waals surface area (Å²) in [6.07, 6.45) is 7.04. The summed E-state index contributed by atoms with van der Waals surface area (Å²) in [4.78, 5) is 60.3. The number of para-hydroxylation sites is 1. The molecule has 0 aliphatic heterocycles. The SMILES string of the molecule is CONC(=O)CCC(=O)N[C@@H](CNC(=O)[C@@](C)(Cc1c[nH]c2ccccc12)NC(=O)OC1C2CC3CC(C2)CC1C3)c1ccccc1. The minimum absolute atomic E-state index is 0.0493. The first-order valence-electron chi connectivity index (χ1n) is 16.7. The summed E-state index contributed by atoms with van der Waals surface area (Å²) < 4.78 is 6.15. The van der Waals surface area contributed by atoms with Gasteiger partial charge in [0.25, 0.3) is 0 Å². The van der Waals surface area contributed by atoms with Crippen molar-refractivity contribution in [3.05, 3.63) is 71.9 Å². The molecule has 0 unspecified atom stereocenters. The number of alkyl carbamates (subject to hydrolysis) is 1. The van der Waals surface area contributed by atoms with Crippen molar-refractivity contribution in [2.75, 3.05) is 13.7 Å². The van der Waals surface area contributed by atoms with Crippen molar-refractivity contribution in [3.8, 4) is 0 Å². The number of amides is 4. The topological polar surface area (TPSA) is 151 Å². The summed E-state index contributed by atoms with van der Waals surface area (Å²) in [5, 5.41) is 9.88. The number of benzene rings is 2. The van der Waals surface area contributed by atoms with Crippen molar-refractivity contribution in [1.82, 2.24) is 26.4 Å². The fraction of sp³-hybridized carbons (Fsp3) is 0.500. The monoisotopic (exact) mass is 643 g/mol. The molecule has 0 saturated heterocycles. The minimum atomic E-state index is -1.36. The average molecular weight is 644 g/mol. The van der Waals surface area contributed by atoms with Crippen LogP contribution in [0.2, 0.25) is 0 Å². The lowest BCUT2D eigenvalue weighted by molar-refractivity contribution is -0.133. The third-order valence-corrected chi connectivity index (χ3v) is 10.3. The van der Waals surface area contributed by atoms with Crippen LogP contribution in [0.15, 0.2) is 60.8 Å². The van der Waals surface area contributed by atoms with Crippen LogP contribution < -0.4 is 21.4 Å². The minimum Gasteiger partial charge on any atom is -0.446 e. The van der Waals surface area contributed by atoms with Crippen LogP contribution in [0.25, 0.3) is 10.9 Å². The van der Waals surface area contributed by atoms with E-state index in [0.29, 0.717) is 11.8 Å². The summed E-state index contributed by atoms with van der Waals surface area (Å²) >= 11 is 0. The standard InChI is InChI=1S/C36H45N5O6/c1-36(19-27-20-37-29-11-7-6-10-28(27)29,40-35(45)47-33-25-15-22-14-23(17-25)18-26(33)16-22)34(44)38-21-30(24-8-4-3-5-9-24)39-31(42)12-13-32(43)41-46-2/h3-11,20,22-23,25-26,30,33,37H,12-19,21H2,1-2H3,(H,38,44)(H,39,42)(H,40,45)(H,41,43)/t22?,23?,25?,26?,30-,33?,36+/m0/s1. The van der Waals surface area contributed by atoms with Gasteiger partial charge in [0, 0.05) is 42.9 Å². The first-order valence-corrected chi connectivity index (χ1v) is 16.7. The zero-order chi connectivity index (χ0) is 33.0. The summed E-state index contributed by atoms with van der Waals surface area (Å²) in [5.41, 5.74) is 3.45. The number of hydroxylamine groups is 1. The van der Waals surface area contributed by atoms with Gasteiger partial charge in [-0.25, -0.2) is 10.3 Å². The van der Waals surface area contributed by atoms with Gasteiger partial charge < -0.3 is 25.7 Å². The van der Waals surface area contributed by atoms with Crippen LogP contribution in [-0.4, -0.2) is 54.1 Å². The second-order valence-electron chi connectivity index (χ2n) is 13.8. The van der Waals surface area contributed by atoms with Crippen molar-refractivity contribution in [2.24, 2.45) is 23.7 Å². The Kier molecular flexibility index (Phi) is 9.81. The zero-order valence-corrected chi connectivity index (χ0v) is 27.1. The molecule has 250 valence electrons. The summed E-state index contributed by atoms with van der Waals surface area (Å²) in [6, 6.07) is 16.6. The maximum Gasteiger partial charge on any atom is 0.408 e. The predicted octanol–water partition coefficient (Wildman–Crippen LogP) is 4.45. The van der Waals surface area contributed by atoms with Crippen molar-refractivity contribution < 1.29 is 28.8 Å². The molecule has 47 heavy (non-hydrogen) atoms. The molecule has 3 aromatic rings. The van der Waals surface area contributed by atoms with Crippen LogP contribution in [0, 0.1) is 23.7 Å². The zero-order valence-electron chi connectivity index (χ0n) is 27.1. The Balaban J connectivity index is 1.17. The van der Waals surface area contributed by atoms with Crippen LogP contribution in [0.4, 0.5) is 4.79 Å². The fourth-order valence-corrected chi connectivity index (χ4v) is 8.27. The number of aromatic amines is 1. The molecular formula is C36H45N5O6. The predicted molar refractivity (Wildman–Crippen MR) is 176 cm³/mol. The number of rotatable bonds is 13. The Morgan fingerprint density at radius 1 is 0.894 bits per heavy atom. The van der Waals surface area contributed by atoms with Gasteiger partial charge in [0.15, 0.2) is 0 Å². The quantitative estimate of drug-likeness (QED) is 0.174. The molecule has 4 aliphatic carbocycles. The van der Waals surface area contributed by atoms with Crippen molar-refractivity contribution >= 4 is 34.7 Å². The van der Waals surface area contributed by atoms with E-state index in [2.05, 4.69) is 31.3 Å². The van der Waals surface area contributed by atoms with Gasteiger partial charge in [0.2, 0.25) is 17.7 Å². The number of fused-ring (bicyclic) bond motifs is 1. The van der Waals surface area contributed by atoms with E-state index in [4.69, 9.17) is 4.74 Å². The average Bonchev–Trinajstić information content (AvgIpc) is 3.46. The highest BCUT2D eigenvalue weighted by Gasteiger charge is 2.50. The number of ether oxygens (including phenoxy) is 1. The van der Waals surface area contributed by atoms with Crippen LogP contribution in [0.5, 0.6) is 0 Å². The number of nitrogens with one attached hydrogen (secondary N) is 5.